The minimum atomic E-state index is 0.0989. The molecule has 2 aromatic rings. The van der Waals surface area contributed by atoms with Crippen LogP contribution in [0.3, 0.4) is 0 Å². The molecule has 4 rings (SSSR count). The van der Waals surface area contributed by atoms with E-state index >= 15 is 0 Å². The van der Waals surface area contributed by atoms with Crippen LogP contribution >= 0.6 is 0 Å². The highest BCUT2D eigenvalue weighted by molar-refractivity contribution is 5.78. The standard InChI is InChI=1S/C21H34N8O/c1-16-13-17(2)15-27(14-16)10-4-3-9-22-21(30)18-7-11-28(12-8-18)20-6-5-19-23-25-26-29(19)24-20/h5-6,16-18H,3-4,7-15H2,1-2H3,(H,22,30). The molecule has 164 valence electrons. The third kappa shape index (κ3) is 5.24. The number of fused-ring (bicyclic) bond motifs is 1. The molecular formula is C21H34N8O. The van der Waals surface area contributed by atoms with E-state index in [-0.39, 0.29) is 11.8 Å². The van der Waals surface area contributed by atoms with E-state index in [1.165, 1.54) is 24.1 Å². The minimum Gasteiger partial charge on any atom is -0.356 e. The van der Waals surface area contributed by atoms with E-state index in [0.29, 0.717) is 5.65 Å². The van der Waals surface area contributed by atoms with Crippen LogP contribution in [-0.4, -0.2) is 75.3 Å². The molecule has 0 radical (unpaired) electrons. The number of hydrogen-bond donors (Lipinski definition) is 1. The summed E-state index contributed by atoms with van der Waals surface area (Å²) in [5, 5.41) is 19.0. The lowest BCUT2D eigenvalue weighted by atomic mass is 9.92. The molecule has 0 saturated carbocycles. The second-order valence-corrected chi connectivity index (χ2v) is 9.18. The molecule has 0 spiro atoms. The van der Waals surface area contributed by atoms with Crippen molar-refractivity contribution in [2.45, 2.75) is 46.0 Å². The number of rotatable bonds is 7. The van der Waals surface area contributed by atoms with Crippen molar-refractivity contribution in [2.24, 2.45) is 17.8 Å². The van der Waals surface area contributed by atoms with E-state index in [0.717, 1.165) is 69.5 Å². The van der Waals surface area contributed by atoms with Gasteiger partial charge in [-0.05, 0) is 73.0 Å². The molecule has 2 aromatic heterocycles. The van der Waals surface area contributed by atoms with Gasteiger partial charge in [0.1, 0.15) is 0 Å². The van der Waals surface area contributed by atoms with Crippen molar-refractivity contribution in [3.05, 3.63) is 12.1 Å². The highest BCUT2D eigenvalue weighted by atomic mass is 16.1. The summed E-state index contributed by atoms with van der Waals surface area (Å²) >= 11 is 0. The van der Waals surface area contributed by atoms with Gasteiger partial charge in [0, 0.05) is 38.6 Å². The number of anilines is 1. The van der Waals surface area contributed by atoms with Gasteiger partial charge < -0.3 is 15.1 Å². The van der Waals surface area contributed by atoms with Crippen molar-refractivity contribution in [2.75, 3.05) is 44.2 Å². The maximum atomic E-state index is 12.5. The Hall–Kier alpha value is -2.29. The summed E-state index contributed by atoms with van der Waals surface area (Å²) in [6, 6.07) is 3.81. The first-order valence-electron chi connectivity index (χ1n) is 11.4. The van der Waals surface area contributed by atoms with Crippen molar-refractivity contribution in [1.82, 2.24) is 35.5 Å². The van der Waals surface area contributed by atoms with Crippen LogP contribution in [0.5, 0.6) is 0 Å². The Morgan fingerprint density at radius 1 is 1.13 bits per heavy atom. The average Bonchev–Trinajstić information content (AvgIpc) is 3.21. The number of aromatic nitrogens is 5. The summed E-state index contributed by atoms with van der Waals surface area (Å²) < 4.78 is 1.44. The number of unbranched alkanes of at least 4 members (excludes halogenated alkanes) is 1. The highest BCUT2D eigenvalue weighted by Crippen LogP contribution is 2.22. The molecule has 2 atom stereocenters. The summed E-state index contributed by atoms with van der Waals surface area (Å²) in [6.45, 7) is 10.8. The van der Waals surface area contributed by atoms with Crippen LogP contribution in [0.4, 0.5) is 5.82 Å². The first-order chi connectivity index (χ1) is 14.6. The van der Waals surface area contributed by atoms with Gasteiger partial charge in [-0.1, -0.05) is 13.8 Å². The normalized spacial score (nSPS) is 23.7. The number of amides is 1. The molecule has 9 heteroatoms. The number of tetrazole rings is 1. The van der Waals surface area contributed by atoms with Gasteiger partial charge in [-0.3, -0.25) is 4.79 Å². The molecule has 9 nitrogen and oxygen atoms in total. The van der Waals surface area contributed by atoms with Crippen molar-refractivity contribution in [3.8, 4) is 0 Å². The van der Waals surface area contributed by atoms with Gasteiger partial charge in [0.05, 0.1) is 0 Å². The molecule has 0 aliphatic carbocycles. The zero-order chi connectivity index (χ0) is 20.9. The van der Waals surface area contributed by atoms with Crippen LogP contribution in [0.15, 0.2) is 12.1 Å². The fourth-order valence-electron chi connectivity index (χ4n) is 4.97. The first kappa shape index (κ1) is 21.0. The molecule has 0 aromatic carbocycles. The lowest BCUT2D eigenvalue weighted by Crippen LogP contribution is -2.41. The maximum Gasteiger partial charge on any atom is 0.223 e. The van der Waals surface area contributed by atoms with Gasteiger partial charge in [0.2, 0.25) is 5.91 Å². The van der Waals surface area contributed by atoms with Crippen LogP contribution in [0, 0.1) is 17.8 Å². The van der Waals surface area contributed by atoms with Crippen LogP contribution in [0.2, 0.25) is 0 Å². The first-order valence-corrected chi connectivity index (χ1v) is 11.4. The third-order valence-electron chi connectivity index (χ3n) is 6.39. The smallest absolute Gasteiger partial charge is 0.223 e. The molecule has 2 unspecified atom stereocenters. The van der Waals surface area contributed by atoms with E-state index in [9.17, 15) is 4.79 Å². The number of piperidine rings is 2. The molecule has 2 fully saturated rings. The number of likely N-dealkylation sites (tertiary alicyclic amines) is 1. The predicted molar refractivity (Wildman–Crippen MR) is 115 cm³/mol. The molecule has 2 aliphatic rings. The van der Waals surface area contributed by atoms with Crippen molar-refractivity contribution < 1.29 is 4.79 Å². The monoisotopic (exact) mass is 414 g/mol. The molecule has 1 amide bonds. The minimum absolute atomic E-state index is 0.0989. The van der Waals surface area contributed by atoms with Gasteiger partial charge >= 0.3 is 0 Å². The quantitative estimate of drug-likeness (QED) is 0.688. The molecular weight excluding hydrogens is 380 g/mol. The van der Waals surface area contributed by atoms with E-state index in [4.69, 9.17) is 0 Å². The summed E-state index contributed by atoms with van der Waals surface area (Å²) in [7, 11) is 0. The summed E-state index contributed by atoms with van der Waals surface area (Å²) in [5.41, 5.74) is 0.636. The van der Waals surface area contributed by atoms with Crippen LogP contribution in [0.1, 0.15) is 46.0 Å². The lowest BCUT2D eigenvalue weighted by Gasteiger charge is -2.35. The van der Waals surface area contributed by atoms with Crippen molar-refractivity contribution in [3.63, 3.8) is 0 Å². The van der Waals surface area contributed by atoms with Gasteiger partial charge in [-0.15, -0.1) is 14.8 Å². The fraction of sp³-hybridized carbons (Fsp3) is 0.762. The Balaban J connectivity index is 1.13. The topological polar surface area (TPSA) is 91.5 Å². The maximum absolute atomic E-state index is 12.5. The molecule has 1 N–H and O–H groups in total. The SMILES string of the molecule is CC1CC(C)CN(CCCCNC(=O)C2CCN(c3ccc4nnnn4n3)CC2)C1. The Morgan fingerprint density at radius 3 is 2.67 bits per heavy atom. The predicted octanol–water partition coefficient (Wildman–Crippen LogP) is 1.61. The van der Waals surface area contributed by atoms with Gasteiger partial charge in [-0.25, -0.2) is 0 Å². The highest BCUT2D eigenvalue weighted by Gasteiger charge is 2.26. The van der Waals surface area contributed by atoms with Crippen LogP contribution < -0.4 is 10.2 Å². The lowest BCUT2D eigenvalue weighted by molar-refractivity contribution is -0.125. The van der Waals surface area contributed by atoms with Gasteiger partial charge in [0.25, 0.3) is 0 Å². The van der Waals surface area contributed by atoms with E-state index in [1.54, 1.807) is 0 Å². The average molecular weight is 415 g/mol. The Kier molecular flexibility index (Phi) is 6.76. The number of carbonyl (C=O) groups excluding carboxylic acids is 1. The van der Waals surface area contributed by atoms with E-state index in [2.05, 4.69) is 49.6 Å². The van der Waals surface area contributed by atoms with Gasteiger partial charge in [0.15, 0.2) is 11.5 Å². The van der Waals surface area contributed by atoms with Crippen molar-refractivity contribution in [1.29, 1.82) is 0 Å². The molecule has 4 heterocycles. The molecule has 2 aliphatic heterocycles. The summed E-state index contributed by atoms with van der Waals surface area (Å²) in [5.74, 6) is 2.78. The van der Waals surface area contributed by atoms with E-state index in [1.807, 2.05) is 12.1 Å². The summed E-state index contributed by atoms with van der Waals surface area (Å²) in [6.07, 6.45) is 5.27. The van der Waals surface area contributed by atoms with Crippen LogP contribution in [-0.2, 0) is 4.79 Å². The van der Waals surface area contributed by atoms with Gasteiger partial charge in [-0.2, -0.15) is 0 Å². The third-order valence-corrected chi connectivity index (χ3v) is 6.39. The molecule has 30 heavy (non-hydrogen) atoms. The number of carbonyl (C=O) groups is 1. The fourth-order valence-corrected chi connectivity index (χ4v) is 4.97. The Labute approximate surface area is 178 Å². The van der Waals surface area contributed by atoms with E-state index < -0.39 is 0 Å². The zero-order valence-electron chi connectivity index (χ0n) is 18.2. The number of hydrogen-bond acceptors (Lipinski definition) is 7. The number of nitrogens with zero attached hydrogens (tertiary/aromatic N) is 7. The second kappa shape index (κ2) is 9.68. The van der Waals surface area contributed by atoms with Crippen LogP contribution in [0.25, 0.3) is 5.65 Å². The largest absolute Gasteiger partial charge is 0.356 e. The Morgan fingerprint density at radius 2 is 1.90 bits per heavy atom. The zero-order valence-corrected chi connectivity index (χ0v) is 18.2. The Bertz CT molecular complexity index is 821. The molecule has 2 saturated heterocycles. The molecule has 0 bridgehead atoms. The van der Waals surface area contributed by atoms with Crippen molar-refractivity contribution >= 4 is 17.4 Å². The summed E-state index contributed by atoms with van der Waals surface area (Å²) in [4.78, 5) is 17.3. The second-order valence-electron chi connectivity index (χ2n) is 9.18. The number of nitrogens with one attached hydrogen (secondary N) is 1.